The number of hydrogen-bond donors (Lipinski definition) is 0. The average Bonchev–Trinajstić information content (AvgIpc) is 2.23. The van der Waals surface area contributed by atoms with Gasteiger partial charge in [-0.3, -0.25) is 4.79 Å². The van der Waals surface area contributed by atoms with Gasteiger partial charge in [0, 0.05) is 19.3 Å². The number of ketones is 1. The Kier molecular flexibility index (Phi) is 4.97. The molecule has 0 rings (SSSR count). The van der Waals surface area contributed by atoms with Gasteiger partial charge in [-0.25, -0.2) is 0 Å². The molecule has 6 heteroatoms. The van der Waals surface area contributed by atoms with Crippen LogP contribution >= 0.6 is 0 Å². The van der Waals surface area contributed by atoms with E-state index in [9.17, 15) is 18.0 Å². The molecule has 0 bridgehead atoms. The van der Waals surface area contributed by atoms with Gasteiger partial charge in [0.2, 0.25) is 0 Å². The zero-order chi connectivity index (χ0) is 12.8. The molecule has 0 atom stereocenters. The zero-order valence-corrected chi connectivity index (χ0v) is 8.76. The van der Waals surface area contributed by atoms with E-state index in [-0.39, 0.29) is 12.2 Å². The Balaban J connectivity index is 4.67. The standard InChI is InChI=1S/C10H11F3N2O/c1-2-8(16)5-9(6-14,7-15)3-4-10(11,12)13/h2-5H2,1H3. The molecule has 0 fully saturated rings. The fourth-order valence-electron chi connectivity index (χ4n) is 1.12. The van der Waals surface area contributed by atoms with Crippen molar-refractivity contribution < 1.29 is 18.0 Å². The number of alkyl halides is 3. The van der Waals surface area contributed by atoms with Crippen LogP contribution in [0.25, 0.3) is 0 Å². The fourth-order valence-corrected chi connectivity index (χ4v) is 1.12. The summed E-state index contributed by atoms with van der Waals surface area (Å²) < 4.78 is 35.9. The normalized spacial score (nSPS) is 11.6. The summed E-state index contributed by atoms with van der Waals surface area (Å²) in [6.07, 6.45) is -6.64. The van der Waals surface area contributed by atoms with Gasteiger partial charge < -0.3 is 0 Å². The molecule has 0 aromatic rings. The fraction of sp³-hybridized carbons (Fsp3) is 0.700. The average molecular weight is 232 g/mol. The van der Waals surface area contributed by atoms with Gasteiger partial charge in [-0.2, -0.15) is 23.7 Å². The monoisotopic (exact) mass is 232 g/mol. The van der Waals surface area contributed by atoms with Crippen molar-refractivity contribution in [3.05, 3.63) is 0 Å². The van der Waals surface area contributed by atoms with Crippen molar-refractivity contribution in [1.82, 2.24) is 0 Å². The maximum atomic E-state index is 12.0. The summed E-state index contributed by atoms with van der Waals surface area (Å²) in [5.74, 6) is -0.384. The third kappa shape index (κ3) is 4.79. The van der Waals surface area contributed by atoms with Crippen LogP contribution in [0.1, 0.15) is 32.6 Å². The molecule has 0 aliphatic rings. The smallest absolute Gasteiger partial charge is 0.300 e. The summed E-state index contributed by atoms with van der Waals surface area (Å²) in [4.78, 5) is 11.1. The second kappa shape index (κ2) is 5.50. The minimum absolute atomic E-state index is 0.108. The van der Waals surface area contributed by atoms with Crippen LogP contribution in [0.3, 0.4) is 0 Å². The van der Waals surface area contributed by atoms with Crippen LogP contribution < -0.4 is 0 Å². The molecule has 0 saturated carbocycles. The highest BCUT2D eigenvalue weighted by molar-refractivity contribution is 5.79. The third-order valence-electron chi connectivity index (χ3n) is 2.16. The summed E-state index contributed by atoms with van der Waals surface area (Å²) in [6, 6.07) is 3.04. The van der Waals surface area contributed by atoms with E-state index in [2.05, 4.69) is 0 Å². The highest BCUT2D eigenvalue weighted by Crippen LogP contribution is 2.33. The number of Topliss-reactive ketones (excluding diaryl/α,β-unsaturated/α-hetero) is 1. The SMILES string of the molecule is CCC(=O)CC(C#N)(C#N)CCC(F)(F)F. The molecular formula is C10H11F3N2O. The summed E-state index contributed by atoms with van der Waals surface area (Å²) in [5, 5.41) is 17.5. The van der Waals surface area contributed by atoms with Crippen molar-refractivity contribution in [3.8, 4) is 12.1 Å². The Hall–Kier alpha value is -1.56. The summed E-state index contributed by atoms with van der Waals surface area (Å²) in [6.45, 7) is 1.53. The van der Waals surface area contributed by atoms with Gasteiger partial charge in [0.15, 0.2) is 5.41 Å². The summed E-state index contributed by atoms with van der Waals surface area (Å²) >= 11 is 0. The molecule has 0 aliphatic carbocycles. The van der Waals surface area contributed by atoms with E-state index in [4.69, 9.17) is 10.5 Å². The number of nitriles is 2. The lowest BCUT2D eigenvalue weighted by Gasteiger charge is -2.18. The number of halogens is 3. The molecule has 0 heterocycles. The molecule has 0 unspecified atom stereocenters. The molecule has 16 heavy (non-hydrogen) atoms. The van der Waals surface area contributed by atoms with Crippen LogP contribution in [0.2, 0.25) is 0 Å². The van der Waals surface area contributed by atoms with Crippen LogP contribution in [0.5, 0.6) is 0 Å². The maximum Gasteiger partial charge on any atom is 0.389 e. The van der Waals surface area contributed by atoms with E-state index in [1.165, 1.54) is 19.1 Å². The second-order valence-electron chi connectivity index (χ2n) is 3.49. The Labute approximate surface area is 91.5 Å². The first-order valence-corrected chi connectivity index (χ1v) is 4.69. The lowest BCUT2D eigenvalue weighted by Crippen LogP contribution is -2.23. The van der Waals surface area contributed by atoms with E-state index in [1.54, 1.807) is 0 Å². The highest BCUT2D eigenvalue weighted by Gasteiger charge is 2.38. The number of carbonyl (C=O) groups is 1. The summed E-state index contributed by atoms with van der Waals surface area (Å²) in [7, 11) is 0. The Morgan fingerprint density at radius 1 is 1.19 bits per heavy atom. The molecule has 0 aromatic carbocycles. The first kappa shape index (κ1) is 14.4. The van der Waals surface area contributed by atoms with Gasteiger partial charge in [0.25, 0.3) is 0 Å². The van der Waals surface area contributed by atoms with E-state index >= 15 is 0 Å². The highest BCUT2D eigenvalue weighted by atomic mass is 19.4. The molecule has 0 saturated heterocycles. The Morgan fingerprint density at radius 2 is 1.69 bits per heavy atom. The molecule has 0 amide bonds. The van der Waals surface area contributed by atoms with Gasteiger partial charge in [-0.05, 0) is 6.42 Å². The molecule has 3 nitrogen and oxygen atoms in total. The Morgan fingerprint density at radius 3 is 2.00 bits per heavy atom. The predicted octanol–water partition coefficient (Wildman–Crippen LogP) is 2.73. The van der Waals surface area contributed by atoms with Gasteiger partial charge in [-0.1, -0.05) is 6.92 Å². The Bertz CT molecular complexity index is 321. The van der Waals surface area contributed by atoms with Gasteiger partial charge in [0.05, 0.1) is 12.1 Å². The minimum Gasteiger partial charge on any atom is -0.300 e. The summed E-state index contributed by atoms with van der Waals surface area (Å²) in [5.41, 5.74) is -1.84. The molecule has 0 spiro atoms. The quantitative estimate of drug-likeness (QED) is 0.732. The van der Waals surface area contributed by atoms with Crippen LogP contribution in [-0.4, -0.2) is 12.0 Å². The molecule has 0 aliphatic heterocycles. The number of carbonyl (C=O) groups excluding carboxylic acids is 1. The maximum absolute atomic E-state index is 12.0. The van der Waals surface area contributed by atoms with Crippen LogP contribution in [0.15, 0.2) is 0 Å². The predicted molar refractivity (Wildman–Crippen MR) is 48.9 cm³/mol. The van der Waals surface area contributed by atoms with Crippen LogP contribution in [0.4, 0.5) is 13.2 Å². The zero-order valence-electron chi connectivity index (χ0n) is 8.76. The lowest BCUT2D eigenvalue weighted by molar-refractivity contribution is -0.139. The topological polar surface area (TPSA) is 64.7 Å². The molecule has 0 N–H and O–H groups in total. The molecule has 0 aromatic heterocycles. The van der Waals surface area contributed by atoms with E-state index in [0.717, 1.165) is 0 Å². The van der Waals surface area contributed by atoms with Crippen LogP contribution in [-0.2, 0) is 4.79 Å². The van der Waals surface area contributed by atoms with E-state index in [0.29, 0.717) is 0 Å². The van der Waals surface area contributed by atoms with Crippen molar-refractivity contribution in [2.45, 2.75) is 38.8 Å². The van der Waals surface area contributed by atoms with Crippen molar-refractivity contribution >= 4 is 5.78 Å². The number of nitrogens with zero attached hydrogens (tertiary/aromatic N) is 2. The van der Waals surface area contributed by atoms with Crippen molar-refractivity contribution in [2.75, 3.05) is 0 Å². The number of hydrogen-bond acceptors (Lipinski definition) is 3. The van der Waals surface area contributed by atoms with Crippen molar-refractivity contribution in [1.29, 1.82) is 10.5 Å². The first-order chi connectivity index (χ1) is 7.28. The third-order valence-corrected chi connectivity index (χ3v) is 2.16. The van der Waals surface area contributed by atoms with Crippen LogP contribution in [0, 0.1) is 28.1 Å². The minimum atomic E-state index is -4.42. The molecular weight excluding hydrogens is 221 g/mol. The van der Waals surface area contributed by atoms with Gasteiger partial charge in [0.1, 0.15) is 5.78 Å². The van der Waals surface area contributed by atoms with E-state index in [1.807, 2.05) is 0 Å². The number of rotatable bonds is 5. The lowest BCUT2D eigenvalue weighted by atomic mass is 9.81. The first-order valence-electron chi connectivity index (χ1n) is 4.69. The van der Waals surface area contributed by atoms with E-state index < -0.39 is 30.9 Å². The largest absolute Gasteiger partial charge is 0.389 e. The second-order valence-corrected chi connectivity index (χ2v) is 3.49. The molecule has 88 valence electrons. The molecule has 0 radical (unpaired) electrons. The van der Waals surface area contributed by atoms with Gasteiger partial charge in [-0.15, -0.1) is 0 Å². The van der Waals surface area contributed by atoms with Crippen molar-refractivity contribution in [2.24, 2.45) is 5.41 Å². The van der Waals surface area contributed by atoms with Gasteiger partial charge >= 0.3 is 6.18 Å². The van der Waals surface area contributed by atoms with Crippen molar-refractivity contribution in [3.63, 3.8) is 0 Å².